The summed E-state index contributed by atoms with van der Waals surface area (Å²) < 4.78 is 0.646. The van der Waals surface area contributed by atoms with Gasteiger partial charge in [-0.2, -0.15) is 0 Å². The summed E-state index contributed by atoms with van der Waals surface area (Å²) in [5, 5.41) is 0. The van der Waals surface area contributed by atoms with Crippen LogP contribution in [0.5, 0.6) is 0 Å². The van der Waals surface area contributed by atoms with Crippen molar-refractivity contribution < 1.29 is 14.4 Å². The smallest absolute Gasteiger partial charge is 0.270 e. The lowest BCUT2D eigenvalue weighted by atomic mass is 10.1. The lowest BCUT2D eigenvalue weighted by Gasteiger charge is -2.15. The van der Waals surface area contributed by atoms with Gasteiger partial charge in [0.15, 0.2) is 0 Å². The summed E-state index contributed by atoms with van der Waals surface area (Å²) in [5.74, 6) is -0.647. The highest BCUT2D eigenvalue weighted by atomic mass is 79.9. The molecule has 0 spiro atoms. The third-order valence-corrected chi connectivity index (χ3v) is 4.86. The first kappa shape index (κ1) is 18.1. The lowest BCUT2D eigenvalue weighted by molar-refractivity contribution is -0.128. The van der Waals surface area contributed by atoms with Gasteiger partial charge in [0, 0.05) is 29.5 Å². The fraction of sp³-hybridized carbons (Fsp3) is 0.211. The first-order chi connectivity index (χ1) is 12.5. The van der Waals surface area contributed by atoms with Crippen molar-refractivity contribution in [2.75, 3.05) is 6.54 Å². The zero-order valence-electron chi connectivity index (χ0n) is 14.0. The van der Waals surface area contributed by atoms with Gasteiger partial charge in [0.05, 0.1) is 5.56 Å². The minimum atomic E-state index is -0.408. The Bertz CT molecular complexity index is 836. The Morgan fingerprint density at radius 3 is 2.35 bits per heavy atom. The molecule has 1 aliphatic heterocycles. The van der Waals surface area contributed by atoms with Crippen LogP contribution in [-0.2, 0) is 11.3 Å². The Kier molecular flexibility index (Phi) is 5.68. The second kappa shape index (κ2) is 8.14. The van der Waals surface area contributed by atoms with Crippen LogP contribution >= 0.6 is 15.9 Å². The molecule has 3 rings (SSSR count). The molecule has 6 nitrogen and oxygen atoms in total. The average molecular weight is 416 g/mol. The van der Waals surface area contributed by atoms with E-state index in [0.717, 1.165) is 18.5 Å². The molecule has 0 saturated carbocycles. The van der Waals surface area contributed by atoms with Gasteiger partial charge in [0.1, 0.15) is 0 Å². The largest absolute Gasteiger partial charge is 0.338 e. The highest BCUT2D eigenvalue weighted by molar-refractivity contribution is 9.10. The van der Waals surface area contributed by atoms with E-state index in [0.29, 0.717) is 28.6 Å². The number of hydrogen-bond donors (Lipinski definition) is 2. The van der Waals surface area contributed by atoms with E-state index in [1.807, 2.05) is 17.0 Å². The van der Waals surface area contributed by atoms with E-state index in [1.165, 1.54) is 0 Å². The molecule has 0 radical (unpaired) electrons. The van der Waals surface area contributed by atoms with E-state index < -0.39 is 11.8 Å². The molecule has 0 aliphatic carbocycles. The number of hydrazine groups is 1. The minimum Gasteiger partial charge on any atom is -0.338 e. The van der Waals surface area contributed by atoms with Crippen molar-refractivity contribution in [3.63, 3.8) is 0 Å². The molecular weight excluding hydrogens is 398 g/mol. The fourth-order valence-corrected chi connectivity index (χ4v) is 3.22. The predicted octanol–water partition coefficient (Wildman–Crippen LogP) is 2.65. The number of carbonyl (C=O) groups excluding carboxylic acids is 3. The van der Waals surface area contributed by atoms with Crippen LogP contribution in [0.15, 0.2) is 53.0 Å². The number of nitrogens with one attached hydrogen (secondary N) is 2. The maximum Gasteiger partial charge on any atom is 0.270 e. The van der Waals surface area contributed by atoms with Crippen LogP contribution in [0.2, 0.25) is 0 Å². The van der Waals surface area contributed by atoms with Gasteiger partial charge in [-0.15, -0.1) is 0 Å². The summed E-state index contributed by atoms with van der Waals surface area (Å²) >= 11 is 3.30. The van der Waals surface area contributed by atoms with Crippen molar-refractivity contribution in [2.24, 2.45) is 0 Å². The Hall–Kier alpha value is -2.67. The molecule has 1 fully saturated rings. The van der Waals surface area contributed by atoms with Crippen molar-refractivity contribution in [3.05, 3.63) is 69.7 Å². The summed E-state index contributed by atoms with van der Waals surface area (Å²) in [5.41, 5.74) is 6.62. The van der Waals surface area contributed by atoms with Crippen LogP contribution in [0.25, 0.3) is 0 Å². The Balaban J connectivity index is 1.55. The topological polar surface area (TPSA) is 78.5 Å². The summed E-state index contributed by atoms with van der Waals surface area (Å²) in [6.07, 6.45) is 1.51. The molecule has 2 aromatic carbocycles. The molecule has 7 heteroatoms. The van der Waals surface area contributed by atoms with Gasteiger partial charge in [0.25, 0.3) is 11.8 Å². The molecule has 1 saturated heterocycles. The van der Waals surface area contributed by atoms with Gasteiger partial charge >= 0.3 is 0 Å². The van der Waals surface area contributed by atoms with Crippen LogP contribution in [0.1, 0.15) is 39.1 Å². The van der Waals surface area contributed by atoms with E-state index >= 15 is 0 Å². The first-order valence-corrected chi connectivity index (χ1v) is 9.06. The molecule has 134 valence electrons. The average Bonchev–Trinajstić information content (AvgIpc) is 3.05. The predicted molar refractivity (Wildman–Crippen MR) is 100 cm³/mol. The SMILES string of the molecule is O=C(NNC(=O)c1ccccc1Br)c1ccc(CN2CCCC2=O)cc1. The molecule has 0 aromatic heterocycles. The van der Waals surface area contributed by atoms with Gasteiger partial charge in [-0.05, 0) is 52.2 Å². The van der Waals surface area contributed by atoms with Gasteiger partial charge in [-0.1, -0.05) is 24.3 Å². The van der Waals surface area contributed by atoms with Crippen LogP contribution in [0, 0.1) is 0 Å². The molecule has 1 heterocycles. The standard InChI is InChI=1S/C19H18BrN3O3/c20-16-5-2-1-4-15(16)19(26)22-21-18(25)14-9-7-13(8-10-14)12-23-11-3-6-17(23)24/h1-2,4-5,7-10H,3,6,11-12H2,(H,21,25)(H,22,26). The van der Waals surface area contributed by atoms with E-state index in [4.69, 9.17) is 0 Å². The van der Waals surface area contributed by atoms with Gasteiger partial charge in [-0.3, -0.25) is 25.2 Å². The van der Waals surface area contributed by atoms with Crippen LogP contribution in [0.4, 0.5) is 0 Å². The summed E-state index contributed by atoms with van der Waals surface area (Å²) in [4.78, 5) is 37.7. The summed E-state index contributed by atoms with van der Waals surface area (Å²) in [6, 6.07) is 13.9. The van der Waals surface area contributed by atoms with Crippen molar-refractivity contribution in [1.82, 2.24) is 15.8 Å². The summed E-state index contributed by atoms with van der Waals surface area (Å²) in [6.45, 7) is 1.33. The third kappa shape index (κ3) is 4.29. The molecule has 0 unspecified atom stereocenters. The van der Waals surface area contributed by atoms with E-state index in [2.05, 4.69) is 26.8 Å². The Morgan fingerprint density at radius 1 is 1.00 bits per heavy atom. The zero-order valence-corrected chi connectivity index (χ0v) is 15.6. The maximum atomic E-state index is 12.2. The van der Waals surface area contributed by atoms with Crippen LogP contribution < -0.4 is 10.9 Å². The highest BCUT2D eigenvalue weighted by Gasteiger charge is 2.20. The third-order valence-electron chi connectivity index (χ3n) is 4.17. The monoisotopic (exact) mass is 415 g/mol. The molecule has 3 amide bonds. The number of hydrogen-bond acceptors (Lipinski definition) is 3. The van der Waals surface area contributed by atoms with Crippen molar-refractivity contribution in [1.29, 1.82) is 0 Å². The van der Waals surface area contributed by atoms with Crippen molar-refractivity contribution in [3.8, 4) is 0 Å². The van der Waals surface area contributed by atoms with Crippen molar-refractivity contribution >= 4 is 33.7 Å². The molecule has 26 heavy (non-hydrogen) atoms. The lowest BCUT2D eigenvalue weighted by Crippen LogP contribution is -2.41. The number of likely N-dealkylation sites (tertiary alicyclic amines) is 1. The molecule has 1 aliphatic rings. The van der Waals surface area contributed by atoms with E-state index in [9.17, 15) is 14.4 Å². The number of nitrogens with zero attached hydrogens (tertiary/aromatic N) is 1. The number of carbonyl (C=O) groups is 3. The maximum absolute atomic E-state index is 12.2. The van der Waals surface area contributed by atoms with Gasteiger partial charge in [0.2, 0.25) is 5.91 Å². The number of rotatable bonds is 4. The minimum absolute atomic E-state index is 0.168. The first-order valence-electron chi connectivity index (χ1n) is 8.26. The van der Waals surface area contributed by atoms with E-state index in [-0.39, 0.29) is 5.91 Å². The summed E-state index contributed by atoms with van der Waals surface area (Å²) in [7, 11) is 0. The van der Waals surface area contributed by atoms with E-state index in [1.54, 1.807) is 36.4 Å². The molecule has 2 aromatic rings. The highest BCUT2D eigenvalue weighted by Crippen LogP contribution is 2.16. The van der Waals surface area contributed by atoms with Crippen molar-refractivity contribution in [2.45, 2.75) is 19.4 Å². The normalized spacial score (nSPS) is 13.6. The quantitative estimate of drug-likeness (QED) is 0.753. The van der Waals surface area contributed by atoms with Crippen LogP contribution in [-0.4, -0.2) is 29.2 Å². The second-order valence-corrected chi connectivity index (χ2v) is 6.86. The van der Waals surface area contributed by atoms with Gasteiger partial charge in [-0.25, -0.2) is 0 Å². The number of amides is 3. The molecule has 0 atom stereocenters. The Labute approximate surface area is 159 Å². The number of halogens is 1. The molecule has 0 bridgehead atoms. The van der Waals surface area contributed by atoms with Gasteiger partial charge < -0.3 is 4.90 Å². The molecular formula is C19H18BrN3O3. The molecule has 2 N–H and O–H groups in total. The zero-order chi connectivity index (χ0) is 18.5. The van der Waals surface area contributed by atoms with Crippen LogP contribution in [0.3, 0.4) is 0 Å². The second-order valence-electron chi connectivity index (χ2n) is 6.00. The fourth-order valence-electron chi connectivity index (χ4n) is 2.75. The number of benzene rings is 2. The Morgan fingerprint density at radius 2 is 1.69 bits per heavy atom.